The molecule has 0 unspecified atom stereocenters. The van der Waals surface area contributed by atoms with Crippen molar-refractivity contribution in [1.82, 2.24) is 4.90 Å². The zero-order valence-corrected chi connectivity index (χ0v) is 12.9. The van der Waals surface area contributed by atoms with E-state index < -0.39 is 11.6 Å². The molecule has 2 heterocycles. The summed E-state index contributed by atoms with van der Waals surface area (Å²) in [6, 6.07) is 5.25. The summed E-state index contributed by atoms with van der Waals surface area (Å²) in [5.74, 6) is -1.55. The fraction of sp³-hybridized carbons (Fsp3) is 0.312. The number of carbonyl (C=O) groups excluding carboxylic acids is 1. The van der Waals surface area contributed by atoms with Crippen molar-refractivity contribution in [3.05, 3.63) is 51.7 Å². The zero-order valence-electron chi connectivity index (χ0n) is 12.1. The highest BCUT2D eigenvalue weighted by Gasteiger charge is 2.26. The number of benzene rings is 1. The van der Waals surface area contributed by atoms with E-state index in [0.29, 0.717) is 0 Å². The number of rotatable bonds is 3. The Morgan fingerprint density at radius 2 is 2.23 bits per heavy atom. The maximum absolute atomic E-state index is 13.5. The molecular weight excluding hydrogens is 306 g/mol. The van der Waals surface area contributed by atoms with Gasteiger partial charge in [0.15, 0.2) is 0 Å². The minimum absolute atomic E-state index is 0.120. The summed E-state index contributed by atoms with van der Waals surface area (Å²) < 4.78 is 26.7. The van der Waals surface area contributed by atoms with Crippen molar-refractivity contribution in [2.24, 2.45) is 0 Å². The molecule has 1 aliphatic rings. The molecule has 1 aromatic carbocycles. The highest BCUT2D eigenvalue weighted by atomic mass is 32.1. The molecule has 1 aromatic heterocycles. The van der Waals surface area contributed by atoms with Gasteiger partial charge in [-0.2, -0.15) is 0 Å². The van der Waals surface area contributed by atoms with Crippen LogP contribution in [0.25, 0.3) is 0 Å². The molecule has 2 aromatic rings. The quantitative estimate of drug-likeness (QED) is 0.937. The van der Waals surface area contributed by atoms with E-state index in [0.717, 1.165) is 31.2 Å². The lowest BCUT2D eigenvalue weighted by Gasteiger charge is -2.32. The molecule has 0 aliphatic carbocycles. The molecular formula is C16H16F2N2OS. The van der Waals surface area contributed by atoms with Crippen LogP contribution in [0.15, 0.2) is 29.6 Å². The molecule has 0 spiro atoms. The SMILES string of the molecule is C[C@@H]1c2ccsc2CCN1CC(=O)Nc1cc(F)ccc1F. The van der Waals surface area contributed by atoms with Gasteiger partial charge in [0.25, 0.3) is 0 Å². The molecule has 1 amide bonds. The van der Waals surface area contributed by atoms with E-state index in [1.54, 1.807) is 11.3 Å². The van der Waals surface area contributed by atoms with Crippen molar-refractivity contribution in [3.63, 3.8) is 0 Å². The van der Waals surface area contributed by atoms with Crippen molar-refractivity contribution >= 4 is 22.9 Å². The number of fused-ring (bicyclic) bond motifs is 1. The Morgan fingerprint density at radius 1 is 1.41 bits per heavy atom. The number of amides is 1. The monoisotopic (exact) mass is 322 g/mol. The Morgan fingerprint density at radius 3 is 3.05 bits per heavy atom. The Kier molecular flexibility index (Phi) is 4.22. The van der Waals surface area contributed by atoms with Crippen LogP contribution in [0.4, 0.5) is 14.5 Å². The van der Waals surface area contributed by atoms with Gasteiger partial charge in [-0.25, -0.2) is 8.78 Å². The smallest absolute Gasteiger partial charge is 0.238 e. The molecule has 0 bridgehead atoms. The molecule has 3 rings (SSSR count). The van der Waals surface area contributed by atoms with Crippen molar-refractivity contribution in [2.45, 2.75) is 19.4 Å². The van der Waals surface area contributed by atoms with E-state index in [1.807, 2.05) is 4.90 Å². The van der Waals surface area contributed by atoms with Crippen LogP contribution in [0.5, 0.6) is 0 Å². The van der Waals surface area contributed by atoms with Crippen LogP contribution >= 0.6 is 11.3 Å². The first-order chi connectivity index (χ1) is 10.5. The van der Waals surface area contributed by atoms with Gasteiger partial charge >= 0.3 is 0 Å². The number of nitrogens with zero attached hydrogens (tertiary/aromatic N) is 1. The third-order valence-electron chi connectivity index (χ3n) is 3.95. The summed E-state index contributed by atoms with van der Waals surface area (Å²) in [5.41, 5.74) is 1.13. The second-order valence-electron chi connectivity index (χ2n) is 5.37. The van der Waals surface area contributed by atoms with Crippen molar-refractivity contribution in [2.75, 3.05) is 18.4 Å². The van der Waals surface area contributed by atoms with Crippen LogP contribution in [-0.4, -0.2) is 23.9 Å². The second-order valence-corrected chi connectivity index (χ2v) is 6.37. The normalized spacial score (nSPS) is 18.0. The highest BCUT2D eigenvalue weighted by molar-refractivity contribution is 7.10. The van der Waals surface area contributed by atoms with Crippen molar-refractivity contribution in [3.8, 4) is 0 Å². The molecule has 3 nitrogen and oxygen atoms in total. The maximum atomic E-state index is 13.5. The standard InChI is InChI=1S/C16H16F2N2OS/c1-10-12-5-7-22-15(12)4-6-20(10)9-16(21)19-14-8-11(17)2-3-13(14)18/h2-3,5,7-8,10H,4,6,9H2,1H3,(H,19,21)/t10-/m1/s1. The van der Waals surface area contributed by atoms with Gasteiger partial charge in [0.1, 0.15) is 11.6 Å². The Hall–Kier alpha value is -1.79. The Bertz CT molecular complexity index is 701. The van der Waals surface area contributed by atoms with Crippen LogP contribution in [-0.2, 0) is 11.2 Å². The van der Waals surface area contributed by atoms with E-state index >= 15 is 0 Å². The van der Waals surface area contributed by atoms with Gasteiger partial charge in [0, 0.05) is 23.5 Å². The molecule has 1 atom stereocenters. The summed E-state index contributed by atoms with van der Waals surface area (Å²) >= 11 is 1.74. The Labute approximate surface area is 131 Å². The van der Waals surface area contributed by atoms with Crippen LogP contribution in [0.1, 0.15) is 23.4 Å². The number of nitrogens with one attached hydrogen (secondary N) is 1. The van der Waals surface area contributed by atoms with Gasteiger partial charge in [-0.3, -0.25) is 9.69 Å². The lowest BCUT2D eigenvalue weighted by molar-refractivity contribution is -0.117. The predicted molar refractivity (Wildman–Crippen MR) is 83.0 cm³/mol. The summed E-state index contributed by atoms with van der Waals surface area (Å²) in [4.78, 5) is 15.5. The molecule has 116 valence electrons. The van der Waals surface area contributed by atoms with Crippen LogP contribution in [0, 0.1) is 11.6 Å². The predicted octanol–water partition coefficient (Wildman–Crippen LogP) is 3.58. The van der Waals surface area contributed by atoms with Gasteiger partial charge in [0.05, 0.1) is 12.2 Å². The third kappa shape index (κ3) is 3.03. The van der Waals surface area contributed by atoms with E-state index in [9.17, 15) is 13.6 Å². The molecule has 1 aliphatic heterocycles. The molecule has 0 saturated carbocycles. The maximum Gasteiger partial charge on any atom is 0.238 e. The van der Waals surface area contributed by atoms with Gasteiger partial charge < -0.3 is 5.32 Å². The van der Waals surface area contributed by atoms with E-state index in [-0.39, 0.29) is 24.2 Å². The minimum Gasteiger partial charge on any atom is -0.322 e. The van der Waals surface area contributed by atoms with E-state index in [1.165, 1.54) is 10.4 Å². The third-order valence-corrected chi connectivity index (χ3v) is 4.95. The average molecular weight is 322 g/mol. The first-order valence-corrected chi connectivity index (χ1v) is 7.98. The fourth-order valence-corrected chi connectivity index (χ4v) is 3.71. The molecule has 22 heavy (non-hydrogen) atoms. The average Bonchev–Trinajstić information content (AvgIpc) is 2.95. The number of thiophene rings is 1. The molecule has 0 saturated heterocycles. The van der Waals surface area contributed by atoms with Crippen LogP contribution in [0.3, 0.4) is 0 Å². The minimum atomic E-state index is -0.637. The number of hydrogen-bond donors (Lipinski definition) is 1. The summed E-state index contributed by atoms with van der Waals surface area (Å²) in [7, 11) is 0. The van der Waals surface area contributed by atoms with Crippen LogP contribution in [0.2, 0.25) is 0 Å². The summed E-state index contributed by atoms with van der Waals surface area (Å²) in [6.07, 6.45) is 0.916. The number of anilines is 1. The first-order valence-electron chi connectivity index (χ1n) is 7.10. The number of carbonyl (C=O) groups is 1. The number of hydrogen-bond acceptors (Lipinski definition) is 3. The van der Waals surface area contributed by atoms with Gasteiger partial charge in [-0.15, -0.1) is 11.3 Å². The molecule has 1 N–H and O–H groups in total. The largest absolute Gasteiger partial charge is 0.322 e. The lowest BCUT2D eigenvalue weighted by atomic mass is 10.0. The number of halogens is 2. The van der Waals surface area contributed by atoms with Crippen molar-refractivity contribution < 1.29 is 13.6 Å². The highest BCUT2D eigenvalue weighted by Crippen LogP contribution is 2.32. The Balaban J connectivity index is 1.66. The van der Waals surface area contributed by atoms with Crippen molar-refractivity contribution in [1.29, 1.82) is 0 Å². The molecule has 0 fully saturated rings. The van der Waals surface area contributed by atoms with E-state index in [4.69, 9.17) is 0 Å². The molecule has 0 radical (unpaired) electrons. The fourth-order valence-electron chi connectivity index (χ4n) is 2.74. The van der Waals surface area contributed by atoms with Gasteiger partial charge in [0.2, 0.25) is 5.91 Å². The summed E-state index contributed by atoms with van der Waals surface area (Å²) in [6.45, 7) is 3.00. The van der Waals surface area contributed by atoms with Crippen LogP contribution < -0.4 is 5.32 Å². The topological polar surface area (TPSA) is 32.3 Å². The van der Waals surface area contributed by atoms with Gasteiger partial charge in [-0.05, 0) is 42.5 Å². The summed E-state index contributed by atoms with van der Waals surface area (Å²) in [5, 5.41) is 4.51. The molecule has 6 heteroatoms. The first kappa shape index (κ1) is 15.1. The zero-order chi connectivity index (χ0) is 15.7. The van der Waals surface area contributed by atoms with Gasteiger partial charge in [-0.1, -0.05) is 0 Å². The van der Waals surface area contributed by atoms with E-state index in [2.05, 4.69) is 23.7 Å². The lowest BCUT2D eigenvalue weighted by Crippen LogP contribution is -2.39. The second kappa shape index (κ2) is 6.14.